The summed E-state index contributed by atoms with van der Waals surface area (Å²) in [4.78, 5) is 5.12. The second-order valence-electron chi connectivity index (χ2n) is 9.02. The lowest BCUT2D eigenvalue weighted by molar-refractivity contribution is 0.155. The lowest BCUT2D eigenvalue weighted by Gasteiger charge is -2.41. The number of anilines is 1. The van der Waals surface area contributed by atoms with Crippen LogP contribution in [0.15, 0.2) is 18.2 Å². The topological polar surface area (TPSA) is 50.1 Å². The predicted molar refractivity (Wildman–Crippen MR) is 115 cm³/mol. The number of rotatable bonds is 6. The van der Waals surface area contributed by atoms with E-state index in [1.54, 1.807) is 0 Å². The van der Waals surface area contributed by atoms with Crippen LogP contribution in [0.5, 0.6) is 0 Å². The van der Waals surface area contributed by atoms with E-state index in [2.05, 4.69) is 85.1 Å². The minimum absolute atomic E-state index is 0.107. The second-order valence-corrected chi connectivity index (χ2v) is 9.02. The smallest absolute Gasteiger partial charge is 0.168 e. The Labute approximate surface area is 169 Å². The molecule has 1 atom stereocenters. The van der Waals surface area contributed by atoms with Crippen LogP contribution in [0.3, 0.4) is 0 Å². The summed E-state index contributed by atoms with van der Waals surface area (Å²) in [5.74, 6) is 1.01. The van der Waals surface area contributed by atoms with Gasteiger partial charge in [-0.05, 0) is 68.7 Å². The van der Waals surface area contributed by atoms with Gasteiger partial charge in [-0.15, -0.1) is 5.10 Å². The van der Waals surface area contributed by atoms with Crippen LogP contribution < -0.4 is 4.90 Å². The fourth-order valence-electron chi connectivity index (χ4n) is 4.10. The van der Waals surface area contributed by atoms with E-state index in [9.17, 15) is 0 Å². The molecule has 1 aliphatic heterocycles. The zero-order valence-electron chi connectivity index (χ0n) is 18.4. The molecule has 1 fully saturated rings. The monoisotopic (exact) mass is 384 g/mol. The minimum Gasteiger partial charge on any atom is -0.369 e. The molecule has 1 saturated heterocycles. The normalized spacial score (nSPS) is 17.1. The van der Waals surface area contributed by atoms with E-state index in [0.717, 1.165) is 38.4 Å². The summed E-state index contributed by atoms with van der Waals surface area (Å²) in [6.45, 7) is 17.4. The first-order valence-electron chi connectivity index (χ1n) is 10.7. The molecule has 0 amide bonds. The van der Waals surface area contributed by atoms with E-state index in [-0.39, 0.29) is 11.6 Å². The van der Waals surface area contributed by atoms with Gasteiger partial charge in [0, 0.05) is 31.9 Å². The molecule has 2 aromatic rings. The predicted octanol–water partition coefficient (Wildman–Crippen LogP) is 4.10. The Bertz CT molecular complexity index is 768. The highest BCUT2D eigenvalue weighted by Crippen LogP contribution is 2.30. The molecule has 1 aromatic heterocycles. The summed E-state index contributed by atoms with van der Waals surface area (Å²) in [6, 6.07) is 6.91. The third-order valence-electron chi connectivity index (χ3n) is 5.93. The van der Waals surface area contributed by atoms with Crippen LogP contribution in [0.2, 0.25) is 0 Å². The number of tetrazole rings is 1. The molecule has 3 rings (SSSR count). The van der Waals surface area contributed by atoms with Crippen LogP contribution >= 0.6 is 0 Å². The number of aromatic nitrogens is 4. The average molecular weight is 385 g/mol. The van der Waals surface area contributed by atoms with Crippen molar-refractivity contribution in [3.05, 3.63) is 35.2 Å². The molecule has 0 bridgehead atoms. The van der Waals surface area contributed by atoms with Crippen LogP contribution in [-0.4, -0.2) is 51.3 Å². The van der Waals surface area contributed by atoms with Crippen molar-refractivity contribution in [2.75, 3.05) is 31.1 Å². The Morgan fingerprint density at radius 3 is 2.43 bits per heavy atom. The van der Waals surface area contributed by atoms with Gasteiger partial charge >= 0.3 is 0 Å². The van der Waals surface area contributed by atoms with E-state index >= 15 is 0 Å². The van der Waals surface area contributed by atoms with Crippen molar-refractivity contribution in [3.8, 4) is 0 Å². The molecule has 0 unspecified atom stereocenters. The Balaban J connectivity index is 1.77. The number of aryl methyl sites for hydroxylation is 1. The van der Waals surface area contributed by atoms with Gasteiger partial charge in [0.15, 0.2) is 5.82 Å². The van der Waals surface area contributed by atoms with Gasteiger partial charge in [-0.25, -0.2) is 4.68 Å². The summed E-state index contributed by atoms with van der Waals surface area (Å²) < 4.78 is 2.02. The number of piperazine rings is 1. The van der Waals surface area contributed by atoms with Crippen LogP contribution in [0.25, 0.3) is 0 Å². The average Bonchev–Trinajstić information content (AvgIpc) is 3.15. The van der Waals surface area contributed by atoms with E-state index in [0.29, 0.717) is 0 Å². The van der Waals surface area contributed by atoms with Gasteiger partial charge in [-0.2, -0.15) is 0 Å². The maximum atomic E-state index is 4.46. The highest BCUT2D eigenvalue weighted by molar-refractivity contribution is 5.56. The molecule has 1 aliphatic rings. The zero-order chi connectivity index (χ0) is 20.3. The molecule has 0 N–H and O–H groups in total. The quantitative estimate of drug-likeness (QED) is 0.750. The largest absolute Gasteiger partial charge is 0.369 e. The van der Waals surface area contributed by atoms with Crippen molar-refractivity contribution in [3.63, 3.8) is 0 Å². The van der Waals surface area contributed by atoms with E-state index < -0.39 is 0 Å². The number of hydrogen-bond donors (Lipinski definition) is 0. The standard InChI is InChI=1S/C22H36N6/c1-7-8-11-20(21-23-24-25-28(21)22(4,5)6)27-15-13-26(14-16-27)19-12-9-10-17(2)18(19)3/h9-10,12,20H,7-8,11,13-16H2,1-6H3/t20-/m1/s1. The number of benzene rings is 1. The molecule has 0 radical (unpaired) electrons. The summed E-state index contributed by atoms with van der Waals surface area (Å²) >= 11 is 0. The number of hydrogen-bond acceptors (Lipinski definition) is 5. The van der Waals surface area contributed by atoms with Crippen LogP contribution in [0, 0.1) is 13.8 Å². The molecule has 154 valence electrons. The molecule has 28 heavy (non-hydrogen) atoms. The van der Waals surface area contributed by atoms with E-state index in [1.165, 1.54) is 29.7 Å². The Morgan fingerprint density at radius 1 is 1.07 bits per heavy atom. The van der Waals surface area contributed by atoms with Crippen molar-refractivity contribution in [2.45, 2.75) is 72.4 Å². The van der Waals surface area contributed by atoms with E-state index in [4.69, 9.17) is 0 Å². The molecule has 0 spiro atoms. The van der Waals surface area contributed by atoms with Gasteiger partial charge < -0.3 is 4.90 Å². The van der Waals surface area contributed by atoms with Crippen molar-refractivity contribution < 1.29 is 0 Å². The Kier molecular flexibility index (Phi) is 6.38. The zero-order valence-corrected chi connectivity index (χ0v) is 18.4. The Morgan fingerprint density at radius 2 is 1.79 bits per heavy atom. The van der Waals surface area contributed by atoms with Crippen LogP contribution in [0.1, 0.15) is 70.0 Å². The SMILES string of the molecule is CCCC[C@H](c1nnnn1C(C)(C)C)N1CCN(c2cccc(C)c2C)CC1. The van der Waals surface area contributed by atoms with Crippen molar-refractivity contribution in [2.24, 2.45) is 0 Å². The fraction of sp³-hybridized carbons (Fsp3) is 0.682. The van der Waals surface area contributed by atoms with Gasteiger partial charge in [0.25, 0.3) is 0 Å². The summed E-state index contributed by atoms with van der Waals surface area (Å²) in [5, 5.41) is 12.8. The van der Waals surface area contributed by atoms with Gasteiger partial charge in [0.2, 0.25) is 0 Å². The molecular formula is C22H36N6. The Hall–Kier alpha value is -1.95. The third-order valence-corrected chi connectivity index (χ3v) is 5.93. The summed E-state index contributed by atoms with van der Waals surface area (Å²) in [7, 11) is 0. The van der Waals surface area contributed by atoms with Gasteiger partial charge in [-0.3, -0.25) is 4.90 Å². The van der Waals surface area contributed by atoms with Gasteiger partial charge in [0.1, 0.15) is 0 Å². The fourth-order valence-corrected chi connectivity index (χ4v) is 4.10. The van der Waals surface area contributed by atoms with Gasteiger partial charge in [0.05, 0.1) is 11.6 Å². The minimum atomic E-state index is -0.107. The first kappa shape index (κ1) is 20.8. The summed E-state index contributed by atoms with van der Waals surface area (Å²) in [6.07, 6.45) is 3.49. The highest BCUT2D eigenvalue weighted by Gasteiger charge is 2.31. The summed E-state index contributed by atoms with van der Waals surface area (Å²) in [5.41, 5.74) is 4.04. The molecular weight excluding hydrogens is 348 g/mol. The van der Waals surface area contributed by atoms with Crippen molar-refractivity contribution >= 4 is 5.69 Å². The molecule has 0 saturated carbocycles. The molecule has 0 aliphatic carbocycles. The molecule has 2 heterocycles. The third kappa shape index (κ3) is 4.37. The number of nitrogens with zero attached hydrogens (tertiary/aromatic N) is 6. The van der Waals surface area contributed by atoms with Crippen molar-refractivity contribution in [1.29, 1.82) is 0 Å². The maximum Gasteiger partial charge on any atom is 0.168 e. The molecule has 6 nitrogen and oxygen atoms in total. The molecule has 1 aromatic carbocycles. The lowest BCUT2D eigenvalue weighted by Crippen LogP contribution is -2.48. The maximum absolute atomic E-state index is 4.46. The van der Waals surface area contributed by atoms with Crippen LogP contribution in [0.4, 0.5) is 5.69 Å². The molecule has 6 heteroatoms. The second kappa shape index (κ2) is 8.60. The van der Waals surface area contributed by atoms with Crippen LogP contribution in [-0.2, 0) is 5.54 Å². The van der Waals surface area contributed by atoms with Gasteiger partial charge in [-0.1, -0.05) is 31.9 Å². The van der Waals surface area contributed by atoms with E-state index in [1.807, 2.05) is 4.68 Å². The lowest BCUT2D eigenvalue weighted by atomic mass is 10.0. The number of unbranched alkanes of at least 4 members (excludes halogenated alkanes) is 1. The first-order chi connectivity index (χ1) is 13.3. The van der Waals surface area contributed by atoms with Crippen molar-refractivity contribution in [1.82, 2.24) is 25.1 Å². The first-order valence-corrected chi connectivity index (χ1v) is 10.7. The highest BCUT2D eigenvalue weighted by atomic mass is 15.6.